The maximum atomic E-state index is 12.5. The first-order valence-corrected chi connectivity index (χ1v) is 16.0. The van der Waals surface area contributed by atoms with Crippen LogP contribution in [0.25, 0.3) is 0 Å². The first-order chi connectivity index (χ1) is 20.7. The average Bonchev–Trinajstić information content (AvgIpc) is 2.96. The van der Waals surface area contributed by atoms with Crippen LogP contribution in [0.5, 0.6) is 5.75 Å². The molecular formula is C30H41ClN8O4S. The number of sulfonamides is 1. The molecule has 0 spiro atoms. The molecule has 238 valence electrons. The second kappa shape index (κ2) is 14.6. The fourth-order valence-corrected chi connectivity index (χ4v) is 4.99. The van der Waals surface area contributed by atoms with Gasteiger partial charge in [-0.2, -0.15) is 4.98 Å². The highest BCUT2D eigenvalue weighted by Crippen LogP contribution is 2.40. The number of carbonyl (C=O) groups is 1. The molecule has 44 heavy (non-hydrogen) atoms. The molecule has 0 aliphatic heterocycles. The van der Waals surface area contributed by atoms with Gasteiger partial charge in [-0.3, -0.25) is 9.10 Å². The number of halogens is 1. The molecule has 0 aliphatic carbocycles. The number of ether oxygens (including phenoxy) is 1. The van der Waals surface area contributed by atoms with Crippen molar-refractivity contribution in [2.45, 2.75) is 19.8 Å². The predicted octanol–water partition coefficient (Wildman–Crippen LogP) is 5.27. The summed E-state index contributed by atoms with van der Waals surface area (Å²) in [5, 5.41) is 9.45. The van der Waals surface area contributed by atoms with E-state index in [0.717, 1.165) is 24.1 Å². The number of benzene rings is 2. The van der Waals surface area contributed by atoms with E-state index in [9.17, 15) is 13.2 Å². The average molecular weight is 645 g/mol. The molecule has 0 fully saturated rings. The molecule has 3 N–H and O–H groups in total. The van der Waals surface area contributed by atoms with E-state index in [0.29, 0.717) is 35.0 Å². The quantitative estimate of drug-likeness (QED) is 0.200. The van der Waals surface area contributed by atoms with Crippen molar-refractivity contribution < 1.29 is 17.9 Å². The second-order valence-corrected chi connectivity index (χ2v) is 13.2. The number of amides is 1. The Bertz CT molecular complexity index is 1610. The molecule has 0 radical (unpaired) electrons. The lowest BCUT2D eigenvalue weighted by Crippen LogP contribution is -2.29. The number of nitrogens with zero attached hydrogens (tertiary/aromatic N) is 5. The van der Waals surface area contributed by atoms with Gasteiger partial charge in [0.05, 0.1) is 48.0 Å². The van der Waals surface area contributed by atoms with Gasteiger partial charge in [-0.15, -0.1) is 0 Å². The summed E-state index contributed by atoms with van der Waals surface area (Å²) < 4.78 is 32.0. The molecule has 3 aromatic rings. The number of rotatable bonds is 14. The van der Waals surface area contributed by atoms with E-state index in [-0.39, 0.29) is 28.6 Å². The Kier molecular flexibility index (Phi) is 11.4. The zero-order chi connectivity index (χ0) is 32.8. The number of hydrogen-bond acceptors (Lipinski definition) is 10. The van der Waals surface area contributed by atoms with Gasteiger partial charge in [-0.05, 0) is 43.8 Å². The molecule has 1 amide bonds. The highest BCUT2D eigenvalue weighted by atomic mass is 35.5. The molecule has 0 saturated carbocycles. The third-order valence-electron chi connectivity index (χ3n) is 6.80. The number of para-hydroxylation sites is 1. The maximum Gasteiger partial charge on any atom is 0.247 e. The molecule has 1 heterocycles. The topological polar surface area (TPSA) is 132 Å². The molecule has 1 aromatic heterocycles. The summed E-state index contributed by atoms with van der Waals surface area (Å²) in [5.74, 6) is 0.608. The van der Waals surface area contributed by atoms with E-state index >= 15 is 0 Å². The zero-order valence-electron chi connectivity index (χ0n) is 26.4. The van der Waals surface area contributed by atoms with Gasteiger partial charge in [0.2, 0.25) is 21.9 Å². The number of anilines is 7. The summed E-state index contributed by atoms with van der Waals surface area (Å²) in [6.45, 7) is 9.04. The van der Waals surface area contributed by atoms with Crippen LogP contribution >= 0.6 is 11.6 Å². The van der Waals surface area contributed by atoms with Gasteiger partial charge in [0.1, 0.15) is 10.8 Å². The molecule has 14 heteroatoms. The van der Waals surface area contributed by atoms with E-state index in [2.05, 4.69) is 37.4 Å². The normalized spacial score (nSPS) is 11.3. The van der Waals surface area contributed by atoms with Crippen LogP contribution in [0, 0.1) is 0 Å². The van der Waals surface area contributed by atoms with Crippen molar-refractivity contribution in [1.29, 1.82) is 0 Å². The fourth-order valence-electron chi connectivity index (χ4n) is 4.31. The Morgan fingerprint density at radius 2 is 1.80 bits per heavy atom. The lowest BCUT2D eigenvalue weighted by atomic mass is 10.00. The fraction of sp³-hybridized carbons (Fsp3) is 0.367. The molecular weight excluding hydrogens is 604 g/mol. The first kappa shape index (κ1) is 34.4. The monoisotopic (exact) mass is 644 g/mol. The second-order valence-electron chi connectivity index (χ2n) is 10.8. The Labute approximate surface area is 265 Å². The largest absolute Gasteiger partial charge is 0.494 e. The third kappa shape index (κ3) is 8.52. The Morgan fingerprint density at radius 1 is 1.09 bits per heavy atom. The van der Waals surface area contributed by atoms with Crippen LogP contribution in [-0.4, -0.2) is 83.8 Å². The van der Waals surface area contributed by atoms with Crippen molar-refractivity contribution in [2.24, 2.45) is 0 Å². The third-order valence-corrected chi connectivity index (χ3v) is 8.25. The highest BCUT2D eigenvalue weighted by molar-refractivity contribution is 7.92. The van der Waals surface area contributed by atoms with Crippen molar-refractivity contribution in [2.75, 3.05) is 79.8 Å². The number of likely N-dealkylation sites (N-methyl/N-ethyl adjacent to an activating group) is 2. The molecule has 3 rings (SSSR count). The summed E-state index contributed by atoms with van der Waals surface area (Å²) in [6.07, 6.45) is 3.78. The van der Waals surface area contributed by atoms with E-state index in [1.165, 1.54) is 23.6 Å². The molecule has 0 bridgehead atoms. The van der Waals surface area contributed by atoms with Gasteiger partial charge in [0.15, 0.2) is 5.82 Å². The summed E-state index contributed by atoms with van der Waals surface area (Å²) in [5.41, 5.74) is 3.60. The van der Waals surface area contributed by atoms with Crippen LogP contribution in [0.15, 0.2) is 49.2 Å². The van der Waals surface area contributed by atoms with Crippen molar-refractivity contribution in [1.82, 2.24) is 14.9 Å². The molecule has 0 unspecified atom stereocenters. The summed E-state index contributed by atoms with van der Waals surface area (Å²) in [7, 11) is 5.39. The zero-order valence-corrected chi connectivity index (χ0v) is 28.0. The van der Waals surface area contributed by atoms with Gasteiger partial charge in [-0.1, -0.05) is 44.2 Å². The van der Waals surface area contributed by atoms with E-state index in [4.69, 9.17) is 16.3 Å². The molecule has 12 nitrogen and oxygen atoms in total. The van der Waals surface area contributed by atoms with Crippen molar-refractivity contribution in [3.05, 3.63) is 59.8 Å². The smallest absolute Gasteiger partial charge is 0.247 e. The summed E-state index contributed by atoms with van der Waals surface area (Å²) in [6, 6.07) is 9.04. The van der Waals surface area contributed by atoms with E-state index in [1.54, 1.807) is 19.2 Å². The van der Waals surface area contributed by atoms with Crippen LogP contribution in [0.3, 0.4) is 0 Å². The number of nitrogens with one attached hydrogen (secondary N) is 3. The van der Waals surface area contributed by atoms with Crippen LogP contribution in [0.2, 0.25) is 5.02 Å². The van der Waals surface area contributed by atoms with Crippen molar-refractivity contribution in [3.8, 4) is 5.75 Å². The minimum Gasteiger partial charge on any atom is -0.494 e. The molecule has 2 aromatic carbocycles. The van der Waals surface area contributed by atoms with Crippen LogP contribution in [-0.2, 0) is 14.8 Å². The molecule has 0 atom stereocenters. The van der Waals surface area contributed by atoms with Crippen LogP contribution < -0.4 is 29.9 Å². The van der Waals surface area contributed by atoms with Gasteiger partial charge in [0, 0.05) is 33.3 Å². The Balaban J connectivity index is 2.05. The predicted molar refractivity (Wildman–Crippen MR) is 181 cm³/mol. The minimum atomic E-state index is -3.57. The minimum absolute atomic E-state index is 0.0437. The van der Waals surface area contributed by atoms with E-state index < -0.39 is 10.0 Å². The number of methoxy groups -OCH3 is 1. The lowest BCUT2D eigenvalue weighted by molar-refractivity contribution is -0.111. The van der Waals surface area contributed by atoms with Crippen LogP contribution in [0.4, 0.5) is 40.2 Å². The van der Waals surface area contributed by atoms with Gasteiger partial charge in [0.25, 0.3) is 0 Å². The Hall–Kier alpha value is -4.07. The number of carbonyl (C=O) groups excluding carboxylic acids is 1. The molecule has 0 aliphatic rings. The highest BCUT2D eigenvalue weighted by Gasteiger charge is 2.23. The van der Waals surface area contributed by atoms with E-state index in [1.807, 2.05) is 58.1 Å². The number of aromatic nitrogens is 2. The van der Waals surface area contributed by atoms with Crippen molar-refractivity contribution >= 4 is 67.7 Å². The lowest BCUT2D eigenvalue weighted by Gasteiger charge is -2.26. The first-order valence-electron chi connectivity index (χ1n) is 13.8. The van der Waals surface area contributed by atoms with Crippen LogP contribution in [0.1, 0.15) is 25.3 Å². The SMILES string of the molecule is C=CC(=O)Nc1cc(Nc2ncc(Cl)c(Nc3cccc(C(C)C)c3N(C)S(C)(=O)=O)n2)c(OC)cc1N(C)CCN(C)C. The Morgan fingerprint density at radius 3 is 2.39 bits per heavy atom. The summed E-state index contributed by atoms with van der Waals surface area (Å²) in [4.78, 5) is 25.3. The van der Waals surface area contributed by atoms with Gasteiger partial charge >= 0.3 is 0 Å². The summed E-state index contributed by atoms with van der Waals surface area (Å²) >= 11 is 6.50. The van der Waals surface area contributed by atoms with Gasteiger partial charge in [-0.25, -0.2) is 13.4 Å². The number of hydrogen-bond donors (Lipinski definition) is 3. The maximum absolute atomic E-state index is 12.5. The van der Waals surface area contributed by atoms with Crippen molar-refractivity contribution in [3.63, 3.8) is 0 Å². The van der Waals surface area contributed by atoms with Gasteiger partial charge < -0.3 is 30.5 Å². The standard InChI is InChI=1S/C30H41ClN8O4S/c1-10-27(40)33-23-16-24(26(43-8)17-25(23)38(6)15-14-37(4)5)35-30-32-18-21(31)29(36-30)34-22-13-11-12-20(19(2)3)28(22)39(7)44(9,41)42/h10-13,16-19H,1,14-15H2,2-9H3,(H,33,40)(H2,32,34,35,36). The molecule has 0 saturated heterocycles.